The van der Waals surface area contributed by atoms with Crippen molar-refractivity contribution in [2.24, 2.45) is 0 Å². The maximum absolute atomic E-state index is 9.78. The van der Waals surface area contributed by atoms with E-state index in [4.69, 9.17) is 14.6 Å². The van der Waals surface area contributed by atoms with Crippen molar-refractivity contribution in [3.63, 3.8) is 0 Å². The largest absolute Gasteiger partial charge is 0.479 e. The van der Waals surface area contributed by atoms with Crippen molar-refractivity contribution in [1.29, 1.82) is 0 Å². The molecule has 0 saturated heterocycles. The molecule has 9 heteroatoms. The molecule has 0 spiro atoms. The summed E-state index contributed by atoms with van der Waals surface area (Å²) in [4.78, 5) is 8.54. The van der Waals surface area contributed by atoms with E-state index in [0.717, 1.165) is 11.1 Å². The minimum Gasteiger partial charge on any atom is -0.479 e. The van der Waals surface area contributed by atoms with Gasteiger partial charge in [0.2, 0.25) is 5.88 Å². The molecule has 2 heterocycles. The number of aliphatic hydroxyl groups is 3. The number of benzene rings is 1. The number of fused-ring (bicyclic) bond motifs is 1. The predicted octanol–water partition coefficient (Wildman–Crippen LogP) is 0.418. The molecule has 29 heavy (non-hydrogen) atoms. The average Bonchev–Trinajstić information content (AvgIpc) is 3.12. The summed E-state index contributed by atoms with van der Waals surface area (Å²) in [5, 5.41) is 31.4. The summed E-state index contributed by atoms with van der Waals surface area (Å²) >= 11 is 0. The molecular formula is C20H26N4O5. The fourth-order valence-electron chi connectivity index (χ4n) is 3.08. The highest BCUT2D eigenvalue weighted by molar-refractivity contribution is 5.83. The van der Waals surface area contributed by atoms with Crippen molar-refractivity contribution in [3.05, 3.63) is 54.0 Å². The molecule has 0 bridgehead atoms. The number of aromatic nitrogens is 3. The number of rotatable bonds is 11. The second-order valence-electron chi connectivity index (χ2n) is 6.59. The SMILES string of the molecule is COc1ncnc2c(CN[C@H](CO)[C@H](O)CO)cn(COCc3ccccc3)c12. The highest BCUT2D eigenvalue weighted by Crippen LogP contribution is 2.26. The van der Waals surface area contributed by atoms with Gasteiger partial charge in [0, 0.05) is 18.3 Å². The van der Waals surface area contributed by atoms with Gasteiger partial charge in [-0.1, -0.05) is 30.3 Å². The van der Waals surface area contributed by atoms with E-state index in [1.807, 2.05) is 41.1 Å². The van der Waals surface area contributed by atoms with Gasteiger partial charge in [-0.15, -0.1) is 0 Å². The summed E-state index contributed by atoms with van der Waals surface area (Å²) in [6.07, 6.45) is 2.23. The van der Waals surface area contributed by atoms with E-state index in [1.165, 1.54) is 6.33 Å². The minimum absolute atomic E-state index is 0.276. The highest BCUT2D eigenvalue weighted by atomic mass is 16.5. The van der Waals surface area contributed by atoms with Crippen LogP contribution in [0.5, 0.6) is 5.88 Å². The molecule has 1 aromatic carbocycles. The molecule has 2 aromatic heterocycles. The van der Waals surface area contributed by atoms with Crippen LogP contribution in [0.4, 0.5) is 0 Å². The Labute approximate surface area is 168 Å². The number of hydrogen-bond donors (Lipinski definition) is 4. The first-order valence-corrected chi connectivity index (χ1v) is 9.29. The van der Waals surface area contributed by atoms with E-state index >= 15 is 0 Å². The summed E-state index contributed by atoms with van der Waals surface area (Å²) in [7, 11) is 1.54. The molecule has 0 unspecified atom stereocenters. The van der Waals surface area contributed by atoms with Gasteiger partial charge in [0.25, 0.3) is 0 Å². The molecular weight excluding hydrogens is 376 g/mol. The van der Waals surface area contributed by atoms with E-state index in [-0.39, 0.29) is 13.3 Å². The van der Waals surface area contributed by atoms with Crippen LogP contribution in [0, 0.1) is 0 Å². The lowest BCUT2D eigenvalue weighted by molar-refractivity contribution is 0.0410. The van der Waals surface area contributed by atoms with Gasteiger partial charge in [-0.3, -0.25) is 0 Å². The summed E-state index contributed by atoms with van der Waals surface area (Å²) in [6, 6.07) is 9.21. The van der Waals surface area contributed by atoms with E-state index in [2.05, 4.69) is 15.3 Å². The van der Waals surface area contributed by atoms with Gasteiger partial charge in [-0.2, -0.15) is 4.98 Å². The number of nitrogens with one attached hydrogen (secondary N) is 1. The third-order valence-corrected chi connectivity index (χ3v) is 4.63. The minimum atomic E-state index is -1.06. The van der Waals surface area contributed by atoms with E-state index in [0.29, 0.717) is 30.1 Å². The summed E-state index contributed by atoms with van der Waals surface area (Å²) in [5.41, 5.74) is 3.27. The van der Waals surface area contributed by atoms with Crippen LogP contribution in [0.3, 0.4) is 0 Å². The third-order valence-electron chi connectivity index (χ3n) is 4.63. The maximum Gasteiger partial charge on any atom is 0.241 e. The molecule has 0 saturated carbocycles. The number of methoxy groups -OCH3 is 1. The van der Waals surface area contributed by atoms with Crippen LogP contribution in [0.1, 0.15) is 11.1 Å². The molecule has 0 radical (unpaired) electrons. The molecule has 9 nitrogen and oxygen atoms in total. The molecule has 3 aromatic rings. The van der Waals surface area contributed by atoms with Gasteiger partial charge >= 0.3 is 0 Å². The first kappa shape index (κ1) is 21.2. The Kier molecular flexibility index (Phi) is 7.50. The van der Waals surface area contributed by atoms with E-state index < -0.39 is 18.8 Å². The Balaban J connectivity index is 1.79. The van der Waals surface area contributed by atoms with Crippen molar-refractivity contribution in [2.45, 2.75) is 32.0 Å². The summed E-state index contributed by atoms with van der Waals surface area (Å²) in [6.45, 7) is 0.310. The van der Waals surface area contributed by atoms with Gasteiger partial charge in [-0.05, 0) is 5.56 Å². The quantitative estimate of drug-likeness (QED) is 0.364. The molecule has 0 aliphatic heterocycles. The molecule has 0 aliphatic rings. The number of ether oxygens (including phenoxy) is 2. The Bertz CT molecular complexity index is 903. The zero-order valence-electron chi connectivity index (χ0n) is 16.2. The van der Waals surface area contributed by atoms with Gasteiger partial charge in [0.05, 0.1) is 39.1 Å². The first-order valence-electron chi connectivity index (χ1n) is 9.29. The monoisotopic (exact) mass is 402 g/mol. The van der Waals surface area contributed by atoms with Crippen LogP contribution in [-0.2, 0) is 24.6 Å². The van der Waals surface area contributed by atoms with Gasteiger partial charge in [-0.25, -0.2) is 4.98 Å². The first-order chi connectivity index (χ1) is 14.2. The molecule has 3 rings (SSSR count). The zero-order chi connectivity index (χ0) is 20.6. The van der Waals surface area contributed by atoms with Crippen molar-refractivity contribution in [1.82, 2.24) is 19.9 Å². The second kappa shape index (κ2) is 10.3. The lowest BCUT2D eigenvalue weighted by Gasteiger charge is -2.20. The second-order valence-corrected chi connectivity index (χ2v) is 6.59. The van der Waals surface area contributed by atoms with Crippen molar-refractivity contribution in [3.8, 4) is 5.88 Å². The van der Waals surface area contributed by atoms with Gasteiger partial charge < -0.3 is 34.7 Å². The van der Waals surface area contributed by atoms with Crippen molar-refractivity contribution < 1.29 is 24.8 Å². The molecule has 2 atom stereocenters. The number of hydrogen-bond acceptors (Lipinski definition) is 8. The topological polar surface area (TPSA) is 122 Å². The van der Waals surface area contributed by atoms with Crippen molar-refractivity contribution in [2.75, 3.05) is 20.3 Å². The third kappa shape index (κ3) is 5.08. The Morgan fingerprint density at radius 1 is 1.14 bits per heavy atom. The van der Waals surface area contributed by atoms with Crippen LogP contribution < -0.4 is 10.1 Å². The van der Waals surface area contributed by atoms with Crippen LogP contribution in [0.25, 0.3) is 11.0 Å². The van der Waals surface area contributed by atoms with Crippen LogP contribution in [0.2, 0.25) is 0 Å². The highest BCUT2D eigenvalue weighted by Gasteiger charge is 2.20. The number of aliphatic hydroxyl groups excluding tert-OH is 3. The van der Waals surface area contributed by atoms with Crippen LogP contribution in [-0.4, -0.2) is 62.3 Å². The molecule has 4 N–H and O–H groups in total. The predicted molar refractivity (Wildman–Crippen MR) is 106 cm³/mol. The summed E-state index contributed by atoms with van der Waals surface area (Å²) < 4.78 is 13.1. The van der Waals surface area contributed by atoms with Crippen molar-refractivity contribution >= 4 is 11.0 Å². The van der Waals surface area contributed by atoms with E-state index in [1.54, 1.807) is 7.11 Å². The van der Waals surface area contributed by atoms with Crippen LogP contribution >= 0.6 is 0 Å². The van der Waals surface area contributed by atoms with Gasteiger partial charge in [0.15, 0.2) is 0 Å². The van der Waals surface area contributed by atoms with Crippen LogP contribution in [0.15, 0.2) is 42.9 Å². The molecule has 156 valence electrons. The fraction of sp³-hybridized carbons (Fsp3) is 0.400. The standard InChI is InChI=1S/C20H26N4O5/c1-28-20-19-18(22-12-23-20)15(7-21-16(9-25)17(27)10-26)8-24(19)13-29-11-14-5-3-2-4-6-14/h2-6,8,12,16-17,21,25-27H,7,9-11,13H2,1H3/t16-,17-/m1/s1. The van der Waals surface area contributed by atoms with Gasteiger partial charge in [0.1, 0.15) is 24.1 Å². The lowest BCUT2D eigenvalue weighted by atomic mass is 10.1. The lowest BCUT2D eigenvalue weighted by Crippen LogP contribution is -2.44. The Morgan fingerprint density at radius 2 is 1.93 bits per heavy atom. The average molecular weight is 402 g/mol. The molecule has 0 amide bonds. The Morgan fingerprint density at radius 3 is 2.62 bits per heavy atom. The van der Waals surface area contributed by atoms with E-state index in [9.17, 15) is 10.2 Å². The fourth-order valence-corrected chi connectivity index (χ4v) is 3.08. The summed E-state index contributed by atoms with van der Waals surface area (Å²) in [5.74, 6) is 0.429. The smallest absolute Gasteiger partial charge is 0.241 e. The molecule has 0 aliphatic carbocycles. The normalized spacial score (nSPS) is 13.5. The zero-order valence-corrected chi connectivity index (χ0v) is 16.2. The maximum atomic E-state index is 9.78. The Hall–Kier alpha value is -2.56. The molecule has 0 fully saturated rings. The number of nitrogens with zero attached hydrogens (tertiary/aromatic N) is 3.